The summed E-state index contributed by atoms with van der Waals surface area (Å²) < 4.78 is 14.7. The van der Waals surface area contributed by atoms with Crippen LogP contribution in [0.25, 0.3) is 0 Å². The summed E-state index contributed by atoms with van der Waals surface area (Å²) in [6.07, 6.45) is 3.34. The number of nitrogens with zero attached hydrogens (tertiary/aromatic N) is 3. The van der Waals surface area contributed by atoms with Gasteiger partial charge in [0.25, 0.3) is 0 Å². The molecule has 4 nitrogen and oxygen atoms in total. The molecule has 3 aromatic rings. The number of hydrogen-bond donors (Lipinski definition) is 0. The van der Waals surface area contributed by atoms with Crippen molar-refractivity contribution >= 4 is 28.8 Å². The molecule has 2 aromatic carbocycles. The number of halogens is 2. The number of ketones is 1. The van der Waals surface area contributed by atoms with E-state index in [0.29, 0.717) is 23.5 Å². The van der Waals surface area contributed by atoms with Crippen molar-refractivity contribution in [3.05, 3.63) is 83.4 Å². The van der Waals surface area contributed by atoms with E-state index in [1.165, 1.54) is 12.1 Å². The second kappa shape index (κ2) is 6.26. The number of para-hydroxylation sites is 1. The van der Waals surface area contributed by atoms with Gasteiger partial charge in [-0.3, -0.25) is 9.48 Å². The van der Waals surface area contributed by atoms with Crippen LogP contribution in [0.1, 0.15) is 22.1 Å². The number of alkyl halides is 1. The highest BCUT2D eigenvalue weighted by Crippen LogP contribution is 2.36. The van der Waals surface area contributed by atoms with Gasteiger partial charge in [0.05, 0.1) is 18.4 Å². The van der Waals surface area contributed by atoms with Crippen molar-refractivity contribution in [2.75, 3.05) is 0 Å². The SMILES string of the molecule is O=C1C(c2cnn(Cc3ccc(F)cc3)c2)=Nc2ccccc2C1Cl. The third-order valence-electron chi connectivity index (χ3n) is 4.07. The van der Waals surface area contributed by atoms with Gasteiger partial charge in [0.1, 0.15) is 16.9 Å². The van der Waals surface area contributed by atoms with Gasteiger partial charge in [-0.05, 0) is 23.8 Å². The molecule has 0 aliphatic carbocycles. The van der Waals surface area contributed by atoms with Crippen LogP contribution in [0.4, 0.5) is 10.1 Å². The predicted molar refractivity (Wildman–Crippen MR) is 94.0 cm³/mol. The molecule has 1 atom stereocenters. The number of carbonyl (C=O) groups is 1. The molecule has 1 aliphatic heterocycles. The number of benzene rings is 2. The molecular weight excluding hydrogens is 341 g/mol. The molecule has 4 rings (SSSR count). The fourth-order valence-electron chi connectivity index (χ4n) is 2.80. The van der Waals surface area contributed by atoms with Crippen LogP contribution in [-0.2, 0) is 11.3 Å². The van der Waals surface area contributed by atoms with E-state index in [4.69, 9.17) is 11.6 Å². The van der Waals surface area contributed by atoms with Gasteiger partial charge in [-0.25, -0.2) is 9.38 Å². The van der Waals surface area contributed by atoms with E-state index < -0.39 is 5.38 Å². The Bertz CT molecular complexity index is 978. The maximum atomic E-state index is 13.0. The Morgan fingerprint density at radius 1 is 1.12 bits per heavy atom. The van der Waals surface area contributed by atoms with Crippen molar-refractivity contribution in [3.63, 3.8) is 0 Å². The lowest BCUT2D eigenvalue weighted by atomic mass is 9.97. The van der Waals surface area contributed by atoms with Crippen molar-refractivity contribution in [2.24, 2.45) is 4.99 Å². The Morgan fingerprint density at radius 2 is 1.88 bits per heavy atom. The summed E-state index contributed by atoms with van der Waals surface area (Å²) in [7, 11) is 0. The predicted octanol–water partition coefficient (Wildman–Crippen LogP) is 4.05. The smallest absolute Gasteiger partial charge is 0.204 e. The molecule has 0 bridgehead atoms. The molecule has 0 saturated heterocycles. The van der Waals surface area contributed by atoms with Crippen LogP contribution in [0.5, 0.6) is 0 Å². The Morgan fingerprint density at radius 3 is 2.68 bits per heavy atom. The zero-order valence-electron chi connectivity index (χ0n) is 13.1. The quantitative estimate of drug-likeness (QED) is 0.667. The van der Waals surface area contributed by atoms with E-state index in [2.05, 4.69) is 10.1 Å². The molecule has 1 aromatic heterocycles. The number of hydrogen-bond acceptors (Lipinski definition) is 3. The third kappa shape index (κ3) is 2.98. The maximum absolute atomic E-state index is 13.0. The third-order valence-corrected chi connectivity index (χ3v) is 4.50. The molecule has 1 unspecified atom stereocenters. The normalized spacial score (nSPS) is 16.5. The summed E-state index contributed by atoms with van der Waals surface area (Å²) in [5.41, 5.74) is 3.25. The molecule has 0 N–H and O–H groups in total. The van der Waals surface area contributed by atoms with Crippen molar-refractivity contribution < 1.29 is 9.18 Å². The second-order valence-corrected chi connectivity index (χ2v) is 6.24. The first-order valence-electron chi connectivity index (χ1n) is 7.75. The summed E-state index contributed by atoms with van der Waals surface area (Å²) in [6, 6.07) is 13.5. The van der Waals surface area contributed by atoms with E-state index in [1.54, 1.807) is 29.2 Å². The minimum atomic E-state index is -0.746. The number of rotatable bonds is 3. The Labute approximate surface area is 148 Å². The first kappa shape index (κ1) is 15.7. The van der Waals surface area contributed by atoms with E-state index in [1.807, 2.05) is 24.3 Å². The van der Waals surface area contributed by atoms with Gasteiger partial charge in [-0.2, -0.15) is 5.10 Å². The van der Waals surface area contributed by atoms with Gasteiger partial charge in [0, 0.05) is 17.3 Å². The highest BCUT2D eigenvalue weighted by molar-refractivity contribution is 6.56. The van der Waals surface area contributed by atoms with Crippen LogP contribution < -0.4 is 0 Å². The number of fused-ring (bicyclic) bond motifs is 1. The number of aliphatic imine (C=N–C) groups is 1. The minimum absolute atomic E-state index is 0.235. The van der Waals surface area contributed by atoms with Gasteiger partial charge in [-0.1, -0.05) is 30.3 Å². The minimum Gasteiger partial charge on any atom is -0.290 e. The summed E-state index contributed by atoms with van der Waals surface area (Å²) in [5.74, 6) is -0.513. The molecule has 0 radical (unpaired) electrons. The first-order valence-corrected chi connectivity index (χ1v) is 8.18. The Balaban J connectivity index is 1.65. The maximum Gasteiger partial charge on any atom is 0.204 e. The van der Waals surface area contributed by atoms with Crippen LogP contribution in [0.3, 0.4) is 0 Å². The lowest BCUT2D eigenvalue weighted by Gasteiger charge is -2.18. The highest BCUT2D eigenvalue weighted by Gasteiger charge is 2.30. The van der Waals surface area contributed by atoms with Gasteiger partial charge < -0.3 is 0 Å². The fourth-order valence-corrected chi connectivity index (χ4v) is 3.08. The average Bonchev–Trinajstić information content (AvgIpc) is 3.08. The van der Waals surface area contributed by atoms with Gasteiger partial charge in [-0.15, -0.1) is 11.6 Å². The summed E-state index contributed by atoms with van der Waals surface area (Å²) in [4.78, 5) is 17.0. The molecule has 0 fully saturated rings. The van der Waals surface area contributed by atoms with E-state index in [0.717, 1.165) is 11.1 Å². The molecule has 1 aliphatic rings. The van der Waals surface area contributed by atoms with E-state index in [9.17, 15) is 9.18 Å². The molecule has 6 heteroatoms. The van der Waals surface area contributed by atoms with Gasteiger partial charge >= 0.3 is 0 Å². The van der Waals surface area contributed by atoms with Crippen LogP contribution >= 0.6 is 11.6 Å². The monoisotopic (exact) mass is 353 g/mol. The zero-order valence-corrected chi connectivity index (χ0v) is 13.8. The second-order valence-electron chi connectivity index (χ2n) is 5.80. The van der Waals surface area contributed by atoms with Crippen molar-refractivity contribution in [2.45, 2.75) is 11.9 Å². The number of Topliss-reactive ketones (excluding diaryl/α,β-unsaturated/α-hetero) is 1. The van der Waals surface area contributed by atoms with E-state index in [-0.39, 0.29) is 11.6 Å². The van der Waals surface area contributed by atoms with Crippen LogP contribution in [0.15, 0.2) is 65.9 Å². The van der Waals surface area contributed by atoms with Crippen molar-refractivity contribution in [1.29, 1.82) is 0 Å². The van der Waals surface area contributed by atoms with Crippen molar-refractivity contribution in [3.8, 4) is 0 Å². The summed E-state index contributed by atoms with van der Waals surface area (Å²) >= 11 is 6.30. The first-order chi connectivity index (χ1) is 12.1. The lowest BCUT2D eigenvalue weighted by molar-refractivity contribution is -0.112. The number of carbonyl (C=O) groups excluding carboxylic acids is 1. The van der Waals surface area contributed by atoms with Crippen LogP contribution in [-0.4, -0.2) is 21.3 Å². The Hall–Kier alpha value is -2.79. The largest absolute Gasteiger partial charge is 0.290 e. The molecule has 124 valence electrons. The highest BCUT2D eigenvalue weighted by atomic mass is 35.5. The van der Waals surface area contributed by atoms with Gasteiger partial charge in [0.2, 0.25) is 5.78 Å². The topological polar surface area (TPSA) is 47.2 Å². The zero-order chi connectivity index (χ0) is 17.4. The fraction of sp³-hybridized carbons (Fsp3) is 0.105. The molecule has 0 saturated carbocycles. The van der Waals surface area contributed by atoms with E-state index >= 15 is 0 Å². The molecule has 2 heterocycles. The molecule has 0 amide bonds. The standard InChI is InChI=1S/C19H13ClFN3O/c20-17-15-3-1-2-4-16(15)23-18(19(17)25)13-9-22-24(11-13)10-12-5-7-14(21)8-6-12/h1-9,11,17H,10H2. The van der Waals surface area contributed by atoms with Crippen molar-refractivity contribution in [1.82, 2.24) is 9.78 Å². The van der Waals surface area contributed by atoms with Crippen LogP contribution in [0, 0.1) is 5.82 Å². The Kier molecular flexibility index (Phi) is 3.93. The van der Waals surface area contributed by atoms with Crippen LogP contribution in [0.2, 0.25) is 0 Å². The van der Waals surface area contributed by atoms with Gasteiger partial charge in [0.15, 0.2) is 0 Å². The number of aromatic nitrogens is 2. The lowest BCUT2D eigenvalue weighted by Crippen LogP contribution is -2.23. The summed E-state index contributed by atoms with van der Waals surface area (Å²) in [5, 5.41) is 3.53. The summed E-state index contributed by atoms with van der Waals surface area (Å²) in [6.45, 7) is 0.475. The molecular formula is C19H13ClFN3O. The average molecular weight is 354 g/mol. The molecule has 0 spiro atoms. The molecule has 25 heavy (non-hydrogen) atoms.